The number of rotatable bonds is 4. The fourth-order valence-electron chi connectivity index (χ4n) is 2.70. The third-order valence-electron chi connectivity index (χ3n) is 3.69. The van der Waals surface area contributed by atoms with Crippen molar-refractivity contribution in [2.24, 2.45) is 0 Å². The summed E-state index contributed by atoms with van der Waals surface area (Å²) >= 11 is 1.23. The van der Waals surface area contributed by atoms with Gasteiger partial charge in [-0.05, 0) is 30.4 Å². The highest BCUT2D eigenvalue weighted by molar-refractivity contribution is 7.99. The highest BCUT2D eigenvalue weighted by Gasteiger charge is 2.21. The zero-order valence-electron chi connectivity index (χ0n) is 12.0. The molecule has 3 rings (SSSR count). The first-order chi connectivity index (χ1) is 10.7. The Hall–Kier alpha value is -2.08. The molecule has 1 aromatic heterocycles. The fraction of sp³-hybridized carbons (Fsp3) is 0.312. The molecule has 1 amide bonds. The molecule has 0 unspecified atom stereocenters. The molecule has 2 aromatic rings. The van der Waals surface area contributed by atoms with E-state index in [9.17, 15) is 9.59 Å². The van der Waals surface area contributed by atoms with Crippen LogP contribution in [0.3, 0.4) is 0 Å². The number of hydrogen-bond acceptors (Lipinski definition) is 4. The molecule has 0 bridgehead atoms. The Morgan fingerprint density at radius 3 is 3.09 bits per heavy atom. The van der Waals surface area contributed by atoms with Crippen molar-refractivity contribution in [3.63, 3.8) is 0 Å². The van der Waals surface area contributed by atoms with Crippen LogP contribution in [0.1, 0.15) is 30.0 Å². The number of nitrogens with zero attached hydrogens (tertiary/aromatic N) is 1. The normalized spacial score (nSPS) is 16.8. The number of H-pyrrole nitrogens is 1. The second-order valence-electron chi connectivity index (χ2n) is 5.24. The van der Waals surface area contributed by atoms with E-state index in [0.717, 1.165) is 19.3 Å². The topological polar surface area (TPSA) is 74.8 Å². The van der Waals surface area contributed by atoms with Gasteiger partial charge in [0.15, 0.2) is 5.16 Å². The third-order valence-corrected chi connectivity index (χ3v) is 4.58. The Balaban J connectivity index is 1.60. The first-order valence-electron chi connectivity index (χ1n) is 7.27. The number of hydrogen-bond donors (Lipinski definition) is 2. The maximum absolute atomic E-state index is 12.1. The minimum atomic E-state index is -0.209. The maximum Gasteiger partial charge on any atom is 0.251 e. The van der Waals surface area contributed by atoms with Crippen molar-refractivity contribution >= 4 is 17.7 Å². The van der Waals surface area contributed by atoms with Crippen LogP contribution >= 0.6 is 11.8 Å². The molecule has 1 aromatic carbocycles. The molecule has 0 fully saturated rings. The molecular weight excluding hydrogens is 298 g/mol. The molecule has 0 saturated carbocycles. The van der Waals surface area contributed by atoms with E-state index >= 15 is 0 Å². The lowest BCUT2D eigenvalue weighted by Crippen LogP contribution is -2.32. The maximum atomic E-state index is 12.1. The molecule has 0 saturated heterocycles. The van der Waals surface area contributed by atoms with Crippen LogP contribution in [0.4, 0.5) is 0 Å². The third kappa shape index (κ3) is 3.57. The zero-order valence-corrected chi connectivity index (χ0v) is 12.9. The number of fused-ring (bicyclic) bond motifs is 1. The largest absolute Gasteiger partial charge is 0.349 e. The van der Waals surface area contributed by atoms with Crippen molar-refractivity contribution in [2.75, 3.05) is 5.75 Å². The van der Waals surface area contributed by atoms with E-state index in [0.29, 0.717) is 5.16 Å². The smallest absolute Gasteiger partial charge is 0.251 e. The van der Waals surface area contributed by atoms with Crippen LogP contribution in [0.25, 0.3) is 0 Å². The Bertz CT molecular complexity index is 729. The number of benzene rings is 1. The number of carbonyl (C=O) groups excluding carboxylic acids is 1. The molecule has 0 aliphatic heterocycles. The molecule has 0 spiro atoms. The molecule has 0 radical (unpaired) electrons. The summed E-state index contributed by atoms with van der Waals surface area (Å²) in [7, 11) is 0. The van der Waals surface area contributed by atoms with Crippen LogP contribution in [-0.2, 0) is 11.2 Å². The van der Waals surface area contributed by atoms with Crippen molar-refractivity contribution in [1.29, 1.82) is 0 Å². The van der Waals surface area contributed by atoms with Crippen LogP contribution < -0.4 is 10.9 Å². The van der Waals surface area contributed by atoms with Crippen molar-refractivity contribution in [3.05, 3.63) is 58.0 Å². The predicted molar refractivity (Wildman–Crippen MR) is 85.8 cm³/mol. The highest BCUT2D eigenvalue weighted by atomic mass is 32.2. The molecule has 1 aliphatic carbocycles. The lowest BCUT2D eigenvalue weighted by Gasteiger charge is -2.26. The van der Waals surface area contributed by atoms with Gasteiger partial charge in [-0.15, -0.1) is 0 Å². The Kier molecular flexibility index (Phi) is 4.58. The van der Waals surface area contributed by atoms with E-state index < -0.39 is 0 Å². The number of carbonyl (C=O) groups is 1. The summed E-state index contributed by atoms with van der Waals surface area (Å²) in [6.07, 6.45) is 4.57. The van der Waals surface area contributed by atoms with Gasteiger partial charge in [-0.2, -0.15) is 0 Å². The van der Waals surface area contributed by atoms with E-state index in [-0.39, 0.29) is 23.3 Å². The minimum absolute atomic E-state index is 0.0433. The number of nitrogens with one attached hydrogen (secondary N) is 2. The summed E-state index contributed by atoms with van der Waals surface area (Å²) in [6.45, 7) is 0. The van der Waals surface area contributed by atoms with E-state index in [4.69, 9.17) is 0 Å². The van der Waals surface area contributed by atoms with Gasteiger partial charge in [0, 0.05) is 12.3 Å². The Morgan fingerprint density at radius 1 is 1.36 bits per heavy atom. The molecule has 1 heterocycles. The average molecular weight is 315 g/mol. The van der Waals surface area contributed by atoms with Gasteiger partial charge < -0.3 is 10.3 Å². The summed E-state index contributed by atoms with van der Waals surface area (Å²) < 4.78 is 0. The van der Waals surface area contributed by atoms with Crippen LogP contribution in [0, 0.1) is 0 Å². The predicted octanol–water partition coefficient (Wildman–Crippen LogP) is 2.06. The van der Waals surface area contributed by atoms with Crippen molar-refractivity contribution in [3.8, 4) is 0 Å². The van der Waals surface area contributed by atoms with Crippen LogP contribution in [-0.4, -0.2) is 21.6 Å². The summed E-state index contributed by atoms with van der Waals surface area (Å²) in [4.78, 5) is 29.9. The first kappa shape index (κ1) is 14.8. The molecule has 22 heavy (non-hydrogen) atoms. The summed E-state index contributed by atoms with van der Waals surface area (Å²) in [5, 5.41) is 3.54. The Morgan fingerprint density at radius 2 is 2.23 bits per heavy atom. The number of thioether (sulfide) groups is 1. The summed E-state index contributed by atoms with van der Waals surface area (Å²) in [5.41, 5.74) is 2.33. The molecular formula is C16H17N3O2S. The molecule has 6 heteroatoms. The van der Waals surface area contributed by atoms with Gasteiger partial charge in [0.05, 0.1) is 11.8 Å². The molecule has 1 aliphatic rings. The van der Waals surface area contributed by atoms with E-state index in [1.165, 1.54) is 35.2 Å². The number of aromatic amines is 1. The molecule has 2 N–H and O–H groups in total. The second-order valence-corrected chi connectivity index (χ2v) is 6.20. The minimum Gasteiger partial charge on any atom is -0.349 e. The van der Waals surface area contributed by atoms with Gasteiger partial charge in [0.25, 0.3) is 5.56 Å². The summed E-state index contributed by atoms with van der Waals surface area (Å²) in [6, 6.07) is 9.70. The lowest BCUT2D eigenvalue weighted by atomic mass is 9.88. The van der Waals surface area contributed by atoms with Crippen molar-refractivity contribution in [1.82, 2.24) is 15.3 Å². The SMILES string of the molecule is O=C(CSc1nccc(=O)[nH]1)N[C@H]1CCCc2ccccc21. The van der Waals surface area contributed by atoms with Crippen molar-refractivity contribution in [2.45, 2.75) is 30.5 Å². The van der Waals surface area contributed by atoms with E-state index in [1.54, 1.807) is 0 Å². The fourth-order valence-corrected chi connectivity index (χ4v) is 3.36. The molecule has 5 nitrogen and oxygen atoms in total. The average Bonchev–Trinajstić information content (AvgIpc) is 2.53. The monoisotopic (exact) mass is 315 g/mol. The van der Waals surface area contributed by atoms with Crippen LogP contribution in [0.5, 0.6) is 0 Å². The van der Waals surface area contributed by atoms with Gasteiger partial charge in [0.1, 0.15) is 0 Å². The van der Waals surface area contributed by atoms with Gasteiger partial charge in [-0.25, -0.2) is 4.98 Å². The first-order valence-corrected chi connectivity index (χ1v) is 8.26. The van der Waals surface area contributed by atoms with Gasteiger partial charge in [0.2, 0.25) is 5.91 Å². The molecule has 114 valence electrons. The summed E-state index contributed by atoms with van der Waals surface area (Å²) in [5.74, 6) is 0.198. The van der Waals surface area contributed by atoms with Gasteiger partial charge in [-0.1, -0.05) is 36.0 Å². The van der Waals surface area contributed by atoms with Crippen LogP contribution in [0.15, 0.2) is 46.5 Å². The lowest BCUT2D eigenvalue weighted by molar-refractivity contribution is -0.119. The van der Waals surface area contributed by atoms with Gasteiger partial charge in [-0.3, -0.25) is 9.59 Å². The highest BCUT2D eigenvalue weighted by Crippen LogP contribution is 2.29. The van der Waals surface area contributed by atoms with E-state index in [1.807, 2.05) is 12.1 Å². The Labute approximate surface area is 132 Å². The van der Waals surface area contributed by atoms with Crippen molar-refractivity contribution < 1.29 is 4.79 Å². The zero-order chi connectivity index (χ0) is 15.4. The number of amides is 1. The van der Waals surface area contributed by atoms with E-state index in [2.05, 4.69) is 27.4 Å². The number of aryl methyl sites for hydroxylation is 1. The van der Waals surface area contributed by atoms with Gasteiger partial charge >= 0.3 is 0 Å². The van der Waals surface area contributed by atoms with Crippen LogP contribution in [0.2, 0.25) is 0 Å². The second kappa shape index (κ2) is 6.79. The molecule has 1 atom stereocenters. The standard InChI is InChI=1S/C16H17N3O2S/c20-14-8-9-17-16(19-14)22-10-15(21)18-13-7-3-5-11-4-1-2-6-12(11)13/h1-2,4,6,8-9,13H,3,5,7,10H2,(H,18,21)(H,17,19,20)/t13-/m0/s1. The quantitative estimate of drug-likeness (QED) is 0.669. The number of aromatic nitrogens is 2.